The van der Waals surface area contributed by atoms with Gasteiger partial charge in [0.2, 0.25) is 0 Å². The lowest BCUT2D eigenvalue weighted by Crippen LogP contribution is -2.40. The number of nitrogens with zero attached hydrogens (tertiary/aromatic N) is 2. The molecule has 0 fully saturated rings. The summed E-state index contributed by atoms with van der Waals surface area (Å²) in [5.41, 5.74) is -0.559. The summed E-state index contributed by atoms with van der Waals surface area (Å²) in [4.78, 5) is 35.4. The van der Waals surface area contributed by atoms with E-state index in [1.54, 1.807) is 18.2 Å². The summed E-state index contributed by atoms with van der Waals surface area (Å²) in [6.07, 6.45) is 1.25. The van der Waals surface area contributed by atoms with E-state index in [2.05, 4.69) is 0 Å². The molecule has 0 atom stereocenters. The predicted molar refractivity (Wildman–Crippen MR) is 81.5 cm³/mol. The van der Waals surface area contributed by atoms with Gasteiger partial charge in [-0.15, -0.1) is 0 Å². The van der Waals surface area contributed by atoms with Crippen molar-refractivity contribution in [3.63, 3.8) is 0 Å². The first kappa shape index (κ1) is 15.5. The molecule has 1 heterocycles. The smallest absolute Gasteiger partial charge is 0.295 e. The Morgan fingerprint density at radius 2 is 1.90 bits per heavy atom. The van der Waals surface area contributed by atoms with Crippen molar-refractivity contribution >= 4 is 29.0 Å². The highest BCUT2D eigenvalue weighted by Gasteiger charge is 2.13. The van der Waals surface area contributed by atoms with E-state index in [9.17, 15) is 14.4 Å². The van der Waals surface area contributed by atoms with Crippen LogP contribution in [0.5, 0.6) is 0 Å². The fourth-order valence-electron chi connectivity index (χ4n) is 1.94. The van der Waals surface area contributed by atoms with Gasteiger partial charge in [0.05, 0.1) is 22.2 Å². The van der Waals surface area contributed by atoms with Crippen LogP contribution in [-0.4, -0.2) is 14.9 Å². The molecule has 0 aliphatic carbocycles. The number of carbonyl (C=O) groups is 1. The summed E-state index contributed by atoms with van der Waals surface area (Å²) in [6.45, 7) is 1.39. The van der Waals surface area contributed by atoms with Crippen LogP contribution < -0.4 is 11.2 Å². The molecule has 0 radical (unpaired) electrons. The summed E-state index contributed by atoms with van der Waals surface area (Å²) >= 11 is 12.0. The van der Waals surface area contributed by atoms with Crippen molar-refractivity contribution in [2.75, 3.05) is 0 Å². The first-order valence-electron chi connectivity index (χ1n) is 6.07. The molecule has 0 bridgehead atoms. The Morgan fingerprint density at radius 3 is 2.52 bits per heavy atom. The van der Waals surface area contributed by atoms with E-state index in [1.807, 2.05) is 0 Å². The van der Waals surface area contributed by atoms with Gasteiger partial charge >= 0.3 is 5.69 Å². The topological polar surface area (TPSA) is 61.1 Å². The van der Waals surface area contributed by atoms with Crippen LogP contribution in [-0.2, 0) is 13.6 Å². The number of hydrogen-bond acceptors (Lipinski definition) is 3. The highest BCUT2D eigenvalue weighted by atomic mass is 35.5. The molecule has 0 spiro atoms. The zero-order valence-corrected chi connectivity index (χ0v) is 12.9. The SMILES string of the molecule is CC(=O)c1cn(Cc2cccc(Cl)c2Cl)c(=O)n(C)c1=O. The second-order valence-corrected chi connectivity index (χ2v) is 5.37. The van der Waals surface area contributed by atoms with Crippen LogP contribution in [0, 0.1) is 0 Å². The summed E-state index contributed by atoms with van der Waals surface area (Å²) in [5.74, 6) is -0.401. The Kier molecular flexibility index (Phi) is 4.34. The molecular formula is C14H12Cl2N2O3. The van der Waals surface area contributed by atoms with Crippen LogP contribution in [0.25, 0.3) is 0 Å². The maximum absolute atomic E-state index is 12.1. The number of aromatic nitrogens is 2. The molecule has 0 saturated carbocycles. The van der Waals surface area contributed by atoms with Gasteiger partial charge in [-0.2, -0.15) is 0 Å². The third-order valence-electron chi connectivity index (χ3n) is 3.10. The van der Waals surface area contributed by atoms with Crippen molar-refractivity contribution < 1.29 is 4.79 Å². The van der Waals surface area contributed by atoms with Gasteiger partial charge in [0, 0.05) is 13.2 Å². The molecule has 2 aromatic rings. The number of halogens is 2. The number of ketones is 1. The van der Waals surface area contributed by atoms with E-state index in [4.69, 9.17) is 23.2 Å². The molecule has 110 valence electrons. The Labute approximate surface area is 130 Å². The monoisotopic (exact) mass is 326 g/mol. The highest BCUT2D eigenvalue weighted by Crippen LogP contribution is 2.25. The van der Waals surface area contributed by atoms with Crippen LogP contribution in [0.4, 0.5) is 0 Å². The summed E-state index contributed by atoms with van der Waals surface area (Å²) < 4.78 is 2.16. The highest BCUT2D eigenvalue weighted by molar-refractivity contribution is 6.42. The normalized spacial score (nSPS) is 10.7. The van der Waals surface area contributed by atoms with E-state index < -0.39 is 17.0 Å². The minimum Gasteiger partial charge on any atom is -0.295 e. The van der Waals surface area contributed by atoms with Gasteiger partial charge in [-0.05, 0) is 18.6 Å². The van der Waals surface area contributed by atoms with Crippen molar-refractivity contribution in [2.24, 2.45) is 7.05 Å². The lowest BCUT2D eigenvalue weighted by molar-refractivity contribution is 0.101. The Hall–Kier alpha value is -1.85. The maximum atomic E-state index is 12.1. The van der Waals surface area contributed by atoms with Crippen LogP contribution >= 0.6 is 23.2 Å². The Balaban J connectivity index is 2.60. The van der Waals surface area contributed by atoms with Gasteiger partial charge in [0.1, 0.15) is 0 Å². The van der Waals surface area contributed by atoms with Crippen molar-refractivity contribution in [2.45, 2.75) is 13.5 Å². The molecule has 0 N–H and O–H groups in total. The van der Waals surface area contributed by atoms with Crippen LogP contribution in [0.3, 0.4) is 0 Å². The van der Waals surface area contributed by atoms with Crippen molar-refractivity contribution in [3.05, 3.63) is 66.4 Å². The fourth-order valence-corrected chi connectivity index (χ4v) is 2.32. The Morgan fingerprint density at radius 1 is 1.24 bits per heavy atom. The molecule has 0 saturated heterocycles. The van der Waals surface area contributed by atoms with Gasteiger partial charge in [-0.1, -0.05) is 35.3 Å². The van der Waals surface area contributed by atoms with Crippen molar-refractivity contribution in [3.8, 4) is 0 Å². The molecule has 1 aromatic carbocycles. The molecule has 21 heavy (non-hydrogen) atoms. The van der Waals surface area contributed by atoms with Crippen molar-refractivity contribution in [1.29, 1.82) is 0 Å². The third kappa shape index (κ3) is 2.94. The summed E-state index contributed by atoms with van der Waals surface area (Å²) in [7, 11) is 1.33. The third-order valence-corrected chi connectivity index (χ3v) is 3.96. The predicted octanol–water partition coefficient (Wildman–Crippen LogP) is 2.10. The number of carbonyl (C=O) groups excluding carboxylic acids is 1. The summed E-state index contributed by atoms with van der Waals surface area (Å²) in [6, 6.07) is 5.07. The zero-order chi connectivity index (χ0) is 15.7. The number of rotatable bonds is 3. The van der Waals surface area contributed by atoms with Crippen molar-refractivity contribution in [1.82, 2.24) is 9.13 Å². The number of benzene rings is 1. The molecule has 0 amide bonds. The largest absolute Gasteiger partial charge is 0.331 e. The second kappa shape index (κ2) is 5.87. The second-order valence-electron chi connectivity index (χ2n) is 4.59. The standard InChI is InChI=1S/C14H12Cl2N2O3/c1-8(19)10-7-18(14(21)17(2)13(10)20)6-9-4-3-5-11(15)12(9)16/h3-5,7H,6H2,1-2H3. The number of Topliss-reactive ketones (excluding diaryl/α,β-unsaturated/α-hetero) is 1. The molecule has 2 rings (SSSR count). The molecule has 1 aromatic heterocycles. The van der Waals surface area contributed by atoms with Gasteiger partial charge in [-0.25, -0.2) is 4.79 Å². The van der Waals surface area contributed by atoms with E-state index in [-0.39, 0.29) is 12.1 Å². The average molecular weight is 327 g/mol. The van der Waals surface area contributed by atoms with E-state index >= 15 is 0 Å². The fraction of sp³-hybridized carbons (Fsp3) is 0.214. The zero-order valence-electron chi connectivity index (χ0n) is 11.4. The molecule has 0 aliphatic heterocycles. The van der Waals surface area contributed by atoms with E-state index in [1.165, 1.54) is 24.7 Å². The van der Waals surface area contributed by atoms with Gasteiger partial charge in [0.25, 0.3) is 5.56 Å². The molecule has 7 heteroatoms. The van der Waals surface area contributed by atoms with Gasteiger partial charge in [-0.3, -0.25) is 18.7 Å². The average Bonchev–Trinajstić information content (AvgIpc) is 2.43. The first-order valence-corrected chi connectivity index (χ1v) is 6.82. The molecule has 5 nitrogen and oxygen atoms in total. The van der Waals surface area contributed by atoms with Crippen LogP contribution in [0.15, 0.2) is 34.0 Å². The summed E-state index contributed by atoms with van der Waals surface area (Å²) in [5, 5.41) is 0.711. The van der Waals surface area contributed by atoms with E-state index in [0.29, 0.717) is 15.6 Å². The minimum absolute atomic E-state index is 0.0461. The van der Waals surface area contributed by atoms with Gasteiger partial charge in [0.15, 0.2) is 5.78 Å². The molecular weight excluding hydrogens is 315 g/mol. The van der Waals surface area contributed by atoms with Crippen LogP contribution in [0.2, 0.25) is 10.0 Å². The maximum Gasteiger partial charge on any atom is 0.331 e. The molecule has 0 unspecified atom stereocenters. The van der Waals surface area contributed by atoms with Crippen LogP contribution in [0.1, 0.15) is 22.8 Å². The lowest BCUT2D eigenvalue weighted by atomic mass is 10.2. The Bertz CT molecular complexity index is 837. The lowest BCUT2D eigenvalue weighted by Gasteiger charge is -2.11. The van der Waals surface area contributed by atoms with Gasteiger partial charge < -0.3 is 0 Å². The minimum atomic E-state index is -0.610. The van der Waals surface area contributed by atoms with E-state index in [0.717, 1.165) is 4.57 Å². The number of hydrogen-bond donors (Lipinski definition) is 0. The quantitative estimate of drug-likeness (QED) is 0.811. The first-order chi connectivity index (χ1) is 9.82. The molecule has 0 aliphatic rings.